The molecule has 144 valence electrons. The summed E-state index contributed by atoms with van der Waals surface area (Å²) < 4.78 is 0. The second-order valence-corrected chi connectivity index (χ2v) is 6.47. The van der Waals surface area contributed by atoms with Gasteiger partial charge in [0.05, 0.1) is 11.3 Å². The van der Waals surface area contributed by atoms with Gasteiger partial charge in [0, 0.05) is 24.2 Å². The van der Waals surface area contributed by atoms with E-state index in [9.17, 15) is 9.59 Å². The molecule has 0 saturated heterocycles. The molecule has 0 aliphatic heterocycles. The van der Waals surface area contributed by atoms with Gasteiger partial charge in [0.2, 0.25) is 0 Å². The van der Waals surface area contributed by atoms with E-state index in [4.69, 9.17) is 5.26 Å². The minimum absolute atomic E-state index is 0.112. The van der Waals surface area contributed by atoms with Crippen LogP contribution in [-0.4, -0.2) is 30.1 Å². The highest BCUT2D eigenvalue weighted by molar-refractivity contribution is 6.16. The fourth-order valence-electron chi connectivity index (χ4n) is 3.05. The van der Waals surface area contributed by atoms with Gasteiger partial charge in [0.15, 0.2) is 5.78 Å². The Hall–Kier alpha value is -2.66. The van der Waals surface area contributed by atoms with Crippen LogP contribution in [0.25, 0.3) is 0 Å². The van der Waals surface area contributed by atoms with Gasteiger partial charge in [0.1, 0.15) is 0 Å². The second-order valence-electron chi connectivity index (χ2n) is 6.47. The van der Waals surface area contributed by atoms with Crippen molar-refractivity contribution in [1.82, 2.24) is 0 Å². The van der Waals surface area contributed by atoms with Crippen LogP contribution in [0.3, 0.4) is 0 Å². The lowest BCUT2D eigenvalue weighted by Crippen LogP contribution is -2.28. The molecule has 2 aromatic rings. The summed E-state index contributed by atoms with van der Waals surface area (Å²) in [5, 5.41) is 9.04. The van der Waals surface area contributed by atoms with Gasteiger partial charge in [-0.15, -0.1) is 0 Å². The van der Waals surface area contributed by atoms with Gasteiger partial charge in [-0.2, -0.15) is 5.26 Å². The standard InChI is InChI=1S/C22H27NO4/c1-3-5-15-23(16-6-4-2)19-14-10-13-18(20(19)22(25)27-26)21(24)17-11-8-7-9-12-17/h7-14,26H,3-6,15-16H2,1-2H3. The molecule has 0 saturated carbocycles. The van der Waals surface area contributed by atoms with Crippen LogP contribution in [0.15, 0.2) is 48.5 Å². The molecule has 0 radical (unpaired) electrons. The Morgan fingerprint density at radius 3 is 2.11 bits per heavy atom. The van der Waals surface area contributed by atoms with Crippen molar-refractivity contribution >= 4 is 17.4 Å². The van der Waals surface area contributed by atoms with Crippen LogP contribution >= 0.6 is 0 Å². The third-order valence-corrected chi connectivity index (χ3v) is 4.51. The molecule has 2 aromatic carbocycles. The minimum Gasteiger partial charge on any atom is -0.371 e. The number of rotatable bonds is 10. The van der Waals surface area contributed by atoms with Gasteiger partial charge in [-0.1, -0.05) is 69.2 Å². The van der Waals surface area contributed by atoms with E-state index in [-0.39, 0.29) is 16.9 Å². The summed E-state index contributed by atoms with van der Waals surface area (Å²) >= 11 is 0. The average molecular weight is 369 g/mol. The Kier molecular flexibility index (Phi) is 8.01. The summed E-state index contributed by atoms with van der Waals surface area (Å²) in [6, 6.07) is 14.0. The van der Waals surface area contributed by atoms with Gasteiger partial charge in [-0.05, 0) is 18.9 Å². The predicted molar refractivity (Wildman–Crippen MR) is 106 cm³/mol. The average Bonchev–Trinajstić information content (AvgIpc) is 2.73. The first kappa shape index (κ1) is 20.6. The van der Waals surface area contributed by atoms with E-state index in [0.717, 1.165) is 38.8 Å². The van der Waals surface area contributed by atoms with Gasteiger partial charge in [-0.25, -0.2) is 4.79 Å². The lowest BCUT2D eigenvalue weighted by molar-refractivity contribution is -0.182. The molecule has 0 unspecified atom stereocenters. The lowest BCUT2D eigenvalue weighted by atomic mass is 9.96. The van der Waals surface area contributed by atoms with Crippen LogP contribution < -0.4 is 4.90 Å². The van der Waals surface area contributed by atoms with Crippen LogP contribution in [0.4, 0.5) is 5.69 Å². The van der Waals surface area contributed by atoms with Crippen molar-refractivity contribution in [2.45, 2.75) is 39.5 Å². The summed E-state index contributed by atoms with van der Waals surface area (Å²) in [6.45, 7) is 5.75. The van der Waals surface area contributed by atoms with Crippen molar-refractivity contribution in [3.8, 4) is 0 Å². The molecular formula is C22H27NO4. The number of anilines is 1. The maximum absolute atomic E-state index is 13.0. The van der Waals surface area contributed by atoms with Crippen molar-refractivity contribution in [2.24, 2.45) is 0 Å². The number of ketones is 1. The normalized spacial score (nSPS) is 10.5. The molecule has 0 heterocycles. The zero-order chi connectivity index (χ0) is 19.6. The molecule has 0 amide bonds. The minimum atomic E-state index is -0.914. The maximum Gasteiger partial charge on any atom is 0.375 e. The third kappa shape index (κ3) is 5.17. The number of hydrogen-bond donors (Lipinski definition) is 1. The molecule has 5 nitrogen and oxygen atoms in total. The second kappa shape index (κ2) is 10.5. The molecule has 0 spiro atoms. The number of unbranched alkanes of at least 4 members (excludes halogenated alkanes) is 2. The Bertz CT molecular complexity index is 750. The van der Waals surface area contributed by atoms with Gasteiger partial charge in [0.25, 0.3) is 0 Å². The molecule has 0 aromatic heterocycles. The van der Waals surface area contributed by atoms with Crippen LogP contribution in [0, 0.1) is 0 Å². The van der Waals surface area contributed by atoms with Gasteiger partial charge < -0.3 is 4.90 Å². The predicted octanol–water partition coefficient (Wildman–Crippen LogP) is 4.95. The summed E-state index contributed by atoms with van der Waals surface area (Å²) in [5.74, 6) is -1.19. The summed E-state index contributed by atoms with van der Waals surface area (Å²) in [5.41, 5.74) is 1.45. The van der Waals surface area contributed by atoms with E-state index in [1.54, 1.807) is 42.5 Å². The molecule has 0 aliphatic rings. The van der Waals surface area contributed by atoms with Crippen LogP contribution in [0.1, 0.15) is 65.8 Å². The Labute approximate surface area is 160 Å². The van der Waals surface area contributed by atoms with Crippen molar-refractivity contribution in [1.29, 1.82) is 0 Å². The molecule has 0 atom stereocenters. The fourth-order valence-corrected chi connectivity index (χ4v) is 3.05. The van der Waals surface area contributed by atoms with E-state index in [1.165, 1.54) is 0 Å². The monoisotopic (exact) mass is 369 g/mol. The van der Waals surface area contributed by atoms with E-state index in [0.29, 0.717) is 11.3 Å². The maximum atomic E-state index is 13.0. The van der Waals surface area contributed by atoms with Gasteiger partial charge >= 0.3 is 5.97 Å². The molecule has 5 heteroatoms. The largest absolute Gasteiger partial charge is 0.375 e. The molecule has 1 N–H and O–H groups in total. The summed E-state index contributed by atoms with van der Waals surface area (Å²) in [4.78, 5) is 31.5. The fraction of sp³-hybridized carbons (Fsp3) is 0.364. The SMILES string of the molecule is CCCCN(CCCC)c1cccc(C(=O)c2ccccc2)c1C(=O)OO. The number of benzene rings is 2. The Morgan fingerprint density at radius 1 is 0.926 bits per heavy atom. The van der Waals surface area contributed by atoms with E-state index in [1.807, 2.05) is 6.07 Å². The zero-order valence-corrected chi connectivity index (χ0v) is 16.0. The number of carbonyl (C=O) groups excluding carboxylic acids is 2. The molecular weight excluding hydrogens is 342 g/mol. The quantitative estimate of drug-likeness (QED) is 0.364. The molecule has 0 aliphatic carbocycles. The van der Waals surface area contributed by atoms with E-state index >= 15 is 0 Å². The zero-order valence-electron chi connectivity index (χ0n) is 16.0. The number of hydrogen-bond acceptors (Lipinski definition) is 5. The van der Waals surface area contributed by atoms with Gasteiger partial charge in [-0.3, -0.25) is 9.68 Å². The highest BCUT2D eigenvalue weighted by atomic mass is 17.1. The van der Waals surface area contributed by atoms with Crippen LogP contribution in [0.5, 0.6) is 0 Å². The Morgan fingerprint density at radius 2 is 1.56 bits per heavy atom. The highest BCUT2D eigenvalue weighted by Gasteiger charge is 2.25. The molecule has 2 rings (SSSR count). The molecule has 0 fully saturated rings. The Balaban J connectivity index is 2.53. The molecule has 27 heavy (non-hydrogen) atoms. The first-order chi connectivity index (χ1) is 13.1. The first-order valence-corrected chi connectivity index (χ1v) is 9.47. The van der Waals surface area contributed by atoms with Crippen LogP contribution in [0.2, 0.25) is 0 Å². The lowest BCUT2D eigenvalue weighted by Gasteiger charge is -2.27. The van der Waals surface area contributed by atoms with E-state index in [2.05, 4.69) is 23.6 Å². The summed E-state index contributed by atoms with van der Waals surface area (Å²) in [7, 11) is 0. The summed E-state index contributed by atoms with van der Waals surface area (Å²) in [6.07, 6.45) is 3.97. The van der Waals surface area contributed by atoms with Crippen molar-refractivity contribution in [3.05, 3.63) is 65.2 Å². The third-order valence-electron chi connectivity index (χ3n) is 4.51. The van der Waals surface area contributed by atoms with Crippen molar-refractivity contribution in [2.75, 3.05) is 18.0 Å². The first-order valence-electron chi connectivity index (χ1n) is 9.47. The molecule has 0 bridgehead atoms. The smallest absolute Gasteiger partial charge is 0.371 e. The highest BCUT2D eigenvalue weighted by Crippen LogP contribution is 2.28. The van der Waals surface area contributed by atoms with E-state index < -0.39 is 5.97 Å². The van der Waals surface area contributed by atoms with Crippen LogP contribution in [-0.2, 0) is 4.89 Å². The number of carbonyl (C=O) groups is 2. The van der Waals surface area contributed by atoms with Crippen molar-refractivity contribution in [3.63, 3.8) is 0 Å². The number of nitrogens with zero attached hydrogens (tertiary/aromatic N) is 1. The topological polar surface area (TPSA) is 66.8 Å². The van der Waals surface area contributed by atoms with Crippen molar-refractivity contribution < 1.29 is 19.7 Å².